The van der Waals surface area contributed by atoms with Gasteiger partial charge in [-0.1, -0.05) is 45.4 Å². The van der Waals surface area contributed by atoms with Crippen molar-refractivity contribution in [3.63, 3.8) is 0 Å². The Morgan fingerprint density at radius 2 is 1.18 bits per heavy atom. The fourth-order valence-electron chi connectivity index (χ4n) is 19.5. The maximum Gasteiger partial charge on any atom is 0.331 e. The molecule has 10 aliphatic rings. The molecular formula is C72H106O33. The number of aliphatic carboxylic acids is 1. The van der Waals surface area contributed by atoms with Crippen LogP contribution < -0.4 is 9.47 Å². The highest BCUT2D eigenvalue weighted by atomic mass is 16.8. The Balaban J connectivity index is 0.954. The highest BCUT2D eigenvalue weighted by Gasteiger charge is 2.74. The molecule has 9 fully saturated rings. The van der Waals surface area contributed by atoms with Crippen molar-refractivity contribution < 1.29 is 162 Å². The van der Waals surface area contributed by atoms with Crippen molar-refractivity contribution in [2.45, 2.75) is 273 Å². The third-order valence-corrected chi connectivity index (χ3v) is 25.4. The van der Waals surface area contributed by atoms with Gasteiger partial charge in [0, 0.05) is 18.4 Å². The number of allylic oxidation sites excluding steroid dienone is 1. The van der Waals surface area contributed by atoms with E-state index >= 15 is 4.79 Å². The first kappa shape index (κ1) is 81.3. The average Bonchev–Trinajstić information content (AvgIpc) is 0.669. The lowest BCUT2D eigenvalue weighted by Gasteiger charge is -2.71. The standard InChI is InChI=1S/C72H106O33/c1-30-55(101-60-51(85)45(79)37(77)27-95-60)50(84)54(88)61(96-30)103-58-57(102-62-52(86)49(83)47(81)41(99-62)28-94-32(3)75)56(100-44(78)16-12-33-11-14-38(92-9)39(23-33)93-10)31(2)97-64(58)105-66(91)71-20-19-67(4,5)24-35(71)34-13-15-42-68(6)25-36(76)59(104-63-53(87)48(82)46(80)40(26-73)98-63)70(8,65(89)90)43(68)17-18-69(42,7)72(34,29-74)22-21-71/h11-14,16,23,30-31,35-37,40-43,45-64,73-74,76-77,79-88H,15,17-22,24-29H2,1-10H3,(H,89,90). The number of rotatable bonds is 20. The van der Waals surface area contributed by atoms with E-state index in [9.17, 15) is 91.0 Å². The molecule has 1 aromatic rings. The number of hydrogen-bond acceptors (Lipinski definition) is 32. The number of carbonyl (C=O) groups is 4. The molecule has 15 N–H and O–H groups in total. The Hall–Kier alpha value is -4.74. The molecule has 33 nitrogen and oxygen atoms in total. The fourth-order valence-corrected chi connectivity index (χ4v) is 19.5. The summed E-state index contributed by atoms with van der Waals surface area (Å²) in [5.74, 6) is -5.17. The number of fused-ring (bicyclic) bond motifs is 7. The van der Waals surface area contributed by atoms with E-state index in [0.717, 1.165) is 18.6 Å². The lowest BCUT2D eigenvalue weighted by Crippen LogP contribution is -2.71. The molecule has 34 atom stereocenters. The van der Waals surface area contributed by atoms with Crippen LogP contribution in [0, 0.1) is 50.2 Å². The number of methoxy groups -OCH3 is 2. The maximum atomic E-state index is 16.4. The molecule has 0 bridgehead atoms. The SMILES string of the molecule is COc1ccc(C=CC(=O)OC2C(C)OC(OC(=O)C34CCC(C)(C)CC3C3=CCC5C6(C)CC(O)C(OC7OC(CO)C(O)C(O)C7O)C(C)(C(=O)O)C6CCC5(C)C3(CO)CC4)C(OC3OC(C)C(OC4OCC(O)C(O)C4O)C(O)C3O)C2OC2OC(COC(C)=O)C(O)C(O)C2O)cc1OC. The number of aliphatic hydroxyl groups excluding tert-OH is 14. The number of benzene rings is 1. The maximum absolute atomic E-state index is 16.4. The molecule has 5 aliphatic carbocycles. The lowest BCUT2D eigenvalue weighted by atomic mass is 9.33. The van der Waals surface area contributed by atoms with Crippen molar-refractivity contribution in [2.24, 2.45) is 50.2 Å². The molecule has 1 aromatic carbocycles. The largest absolute Gasteiger partial charge is 0.493 e. The summed E-state index contributed by atoms with van der Waals surface area (Å²) in [4.78, 5) is 56.9. The Bertz CT molecular complexity index is 3320. The molecule has 11 rings (SSSR count). The van der Waals surface area contributed by atoms with Gasteiger partial charge in [0.15, 0.2) is 48.9 Å². The monoisotopic (exact) mass is 1500 g/mol. The smallest absolute Gasteiger partial charge is 0.331 e. The normalized spacial score (nSPS) is 47.5. The van der Waals surface area contributed by atoms with Gasteiger partial charge < -0.3 is 143 Å². The minimum absolute atomic E-state index is 0.0289. The van der Waals surface area contributed by atoms with E-state index in [2.05, 4.69) is 20.8 Å². The predicted molar refractivity (Wildman–Crippen MR) is 353 cm³/mol. The Morgan fingerprint density at radius 1 is 0.590 bits per heavy atom. The Kier molecular flexibility index (Phi) is 24.1. The van der Waals surface area contributed by atoms with E-state index in [4.69, 9.17) is 66.3 Å². The van der Waals surface area contributed by atoms with Crippen LogP contribution in [-0.4, -0.2) is 301 Å². The summed E-state index contributed by atoms with van der Waals surface area (Å²) in [5.41, 5.74) is -5.53. The second-order valence-corrected chi connectivity index (χ2v) is 31.9. The van der Waals surface area contributed by atoms with Crippen LogP contribution in [-0.2, 0) is 76.0 Å². The van der Waals surface area contributed by atoms with Gasteiger partial charge in [-0.2, -0.15) is 0 Å². The van der Waals surface area contributed by atoms with Gasteiger partial charge in [-0.05, 0) is 136 Å². The van der Waals surface area contributed by atoms with Crippen LogP contribution >= 0.6 is 0 Å². The molecule has 5 saturated heterocycles. The van der Waals surface area contributed by atoms with Gasteiger partial charge in [-0.15, -0.1) is 0 Å². The third-order valence-electron chi connectivity index (χ3n) is 25.4. The zero-order chi connectivity index (χ0) is 76.7. The summed E-state index contributed by atoms with van der Waals surface area (Å²) >= 11 is 0. The minimum Gasteiger partial charge on any atom is -0.493 e. The highest BCUT2D eigenvalue weighted by molar-refractivity contribution is 5.87. The fraction of sp³-hybridized carbons (Fsp3) is 0.806. The number of hydrogen-bond donors (Lipinski definition) is 15. The van der Waals surface area contributed by atoms with Crippen LogP contribution in [0.2, 0.25) is 0 Å². The van der Waals surface area contributed by atoms with Crippen LogP contribution in [0.1, 0.15) is 119 Å². The van der Waals surface area contributed by atoms with Gasteiger partial charge in [-0.3, -0.25) is 14.4 Å². The third kappa shape index (κ3) is 14.5. The number of carboxylic acid groups (broad SMARTS) is 1. The van der Waals surface area contributed by atoms with E-state index in [1.54, 1.807) is 18.2 Å². The Labute approximate surface area is 606 Å². The van der Waals surface area contributed by atoms with Crippen LogP contribution in [0.15, 0.2) is 35.9 Å². The summed E-state index contributed by atoms with van der Waals surface area (Å²) in [6, 6.07) is 4.79. The number of carbonyl (C=O) groups excluding carboxylic acids is 3. The highest BCUT2D eigenvalue weighted by Crippen LogP contribution is 2.76. The number of aliphatic hydroxyl groups is 14. The number of esters is 3. The van der Waals surface area contributed by atoms with Gasteiger partial charge in [0.1, 0.15) is 104 Å². The minimum atomic E-state index is -2.15. The average molecular weight is 1500 g/mol. The topological polar surface area (TPSA) is 501 Å². The predicted octanol–water partition coefficient (Wildman–Crippen LogP) is -1.66. The van der Waals surface area contributed by atoms with Crippen molar-refractivity contribution in [3.05, 3.63) is 41.5 Å². The summed E-state index contributed by atoms with van der Waals surface area (Å²) in [6.07, 6.45) is -39.8. The van der Waals surface area contributed by atoms with E-state index in [-0.39, 0.29) is 38.5 Å². The zero-order valence-electron chi connectivity index (χ0n) is 60.5. The van der Waals surface area contributed by atoms with Crippen LogP contribution in [0.3, 0.4) is 0 Å². The van der Waals surface area contributed by atoms with Gasteiger partial charge >= 0.3 is 23.9 Å². The summed E-state index contributed by atoms with van der Waals surface area (Å²) < 4.78 is 84.5. The number of ether oxygens (including phenoxy) is 14. The van der Waals surface area contributed by atoms with Gasteiger partial charge in [0.2, 0.25) is 6.29 Å². The van der Waals surface area contributed by atoms with E-state index in [1.165, 1.54) is 41.1 Å². The summed E-state index contributed by atoms with van der Waals surface area (Å²) in [5, 5.41) is 168. The molecule has 0 aromatic heterocycles. The summed E-state index contributed by atoms with van der Waals surface area (Å²) in [6.45, 7) is 11.1. The van der Waals surface area contributed by atoms with E-state index in [0.29, 0.717) is 36.3 Å². The van der Waals surface area contributed by atoms with Crippen molar-refractivity contribution >= 4 is 30.0 Å². The van der Waals surface area contributed by atoms with E-state index < -0.39 is 260 Å². The number of carboxylic acids is 1. The van der Waals surface area contributed by atoms with Crippen molar-refractivity contribution in [3.8, 4) is 11.5 Å². The van der Waals surface area contributed by atoms with Crippen LogP contribution in [0.4, 0.5) is 0 Å². The molecule has 0 spiro atoms. The molecule has 0 radical (unpaired) electrons. The van der Waals surface area contributed by atoms with Gasteiger partial charge in [-0.25, -0.2) is 4.79 Å². The second-order valence-electron chi connectivity index (χ2n) is 31.9. The van der Waals surface area contributed by atoms with Crippen molar-refractivity contribution in [1.82, 2.24) is 0 Å². The van der Waals surface area contributed by atoms with Gasteiger partial charge in [0.25, 0.3) is 0 Å². The molecule has 5 heterocycles. The quantitative estimate of drug-likeness (QED) is 0.0228. The lowest BCUT2D eigenvalue weighted by molar-refractivity contribution is -0.391. The van der Waals surface area contributed by atoms with Crippen LogP contribution in [0.5, 0.6) is 11.5 Å². The van der Waals surface area contributed by atoms with Crippen molar-refractivity contribution in [2.75, 3.05) is 40.6 Å². The first-order valence-electron chi connectivity index (χ1n) is 36.0. The van der Waals surface area contributed by atoms with Crippen molar-refractivity contribution in [1.29, 1.82) is 0 Å². The van der Waals surface area contributed by atoms with Crippen LogP contribution in [0.25, 0.3) is 6.08 Å². The molecule has 105 heavy (non-hydrogen) atoms. The first-order valence-corrected chi connectivity index (χ1v) is 36.0. The zero-order valence-corrected chi connectivity index (χ0v) is 60.5. The molecule has 34 unspecified atom stereocenters. The van der Waals surface area contributed by atoms with E-state index in [1.807, 2.05) is 13.0 Å². The first-order chi connectivity index (χ1) is 49.4. The molecule has 592 valence electrons. The molecule has 0 amide bonds. The molecule has 4 saturated carbocycles. The molecule has 33 heteroatoms. The summed E-state index contributed by atoms with van der Waals surface area (Å²) in [7, 11) is 2.86. The molecule has 5 aliphatic heterocycles. The van der Waals surface area contributed by atoms with Gasteiger partial charge in [0.05, 0.1) is 63.2 Å². The second kappa shape index (κ2) is 31.2. The molecular weight excluding hydrogens is 1390 g/mol. The Morgan fingerprint density at radius 3 is 1.83 bits per heavy atom.